The summed E-state index contributed by atoms with van der Waals surface area (Å²) < 4.78 is 2.55. The van der Waals surface area contributed by atoms with Gasteiger partial charge in [0, 0.05) is 34.4 Å². The molecule has 2 heterocycles. The highest BCUT2D eigenvalue weighted by atomic mass is 16.2. The molecule has 9 aliphatic rings. The maximum atomic E-state index is 13.9. The number of allylic oxidation sites excluding steroid dienone is 2. The average Bonchev–Trinajstić information content (AvgIpc) is 4.22. The second-order valence-corrected chi connectivity index (χ2v) is 22.6. The van der Waals surface area contributed by atoms with Crippen LogP contribution in [-0.2, 0) is 19.3 Å². The molecule has 336 valence electrons. The van der Waals surface area contributed by atoms with Crippen LogP contribution >= 0.6 is 0 Å². The minimum atomic E-state index is -0.330. The number of fused-ring (bicyclic) bond motifs is 4. The first kappa shape index (κ1) is 37.8. The van der Waals surface area contributed by atoms with Crippen molar-refractivity contribution in [2.45, 2.75) is 49.0 Å². The Morgan fingerprint density at radius 2 is 1.45 bits per heavy atom. The normalized spacial score (nSPS) is 23.2. The number of likely N-dealkylation sites (N-methyl/N-ethyl adjacent to an activating group) is 1. The highest BCUT2D eigenvalue weighted by molar-refractivity contribution is 6.21. The van der Waals surface area contributed by atoms with Gasteiger partial charge in [0.05, 0.1) is 49.4 Å². The van der Waals surface area contributed by atoms with Gasteiger partial charge in [0.15, 0.2) is 0 Å². The van der Waals surface area contributed by atoms with Gasteiger partial charge in [-0.25, -0.2) is 10.4 Å². The zero-order valence-electron chi connectivity index (χ0n) is 39.2. The monoisotopic (exact) mass is 914 g/mol. The van der Waals surface area contributed by atoms with Gasteiger partial charge in [-0.15, -0.1) is 0 Å². The van der Waals surface area contributed by atoms with Gasteiger partial charge in [-0.3, -0.25) is 14.2 Å². The fourth-order valence-corrected chi connectivity index (χ4v) is 16.7. The van der Waals surface area contributed by atoms with Gasteiger partial charge < -0.3 is 4.48 Å². The second kappa shape index (κ2) is 12.5. The van der Waals surface area contributed by atoms with Crippen LogP contribution in [0.15, 0.2) is 143 Å². The Kier molecular flexibility index (Phi) is 6.65. The van der Waals surface area contributed by atoms with Crippen LogP contribution in [0, 0.1) is 5.92 Å². The lowest BCUT2D eigenvalue weighted by Crippen LogP contribution is -2.39. The van der Waals surface area contributed by atoms with Crippen molar-refractivity contribution >= 4 is 44.9 Å². The number of benzene rings is 8. The van der Waals surface area contributed by atoms with E-state index in [1.165, 1.54) is 23.8 Å². The van der Waals surface area contributed by atoms with Crippen molar-refractivity contribution in [1.82, 2.24) is 15.0 Å². The number of likely N-dealkylation sites (tertiary alicyclic amines) is 1. The SMILES string of the molecule is C[N+]1(C)CC2c3cc4c5c6c3-c3c(cc7c8c3C6C3C6=C5C(C4)Cc4ccc5cc(c-8c3c5c46)C7)C2C1c1ccc(/C=N/NC(=O)c2ccc(-n3c(-c4ccccc4)nc4ccccc4c3=O)cc2)cc1. The van der Waals surface area contributed by atoms with Crippen molar-refractivity contribution in [3.05, 3.63) is 222 Å². The lowest BCUT2D eigenvalue weighted by Gasteiger charge is -2.39. The minimum absolute atomic E-state index is 0.168. The van der Waals surface area contributed by atoms with Crippen LogP contribution in [0.5, 0.6) is 0 Å². The number of nitrogens with zero attached hydrogens (tertiary/aromatic N) is 4. The Morgan fingerprint density at radius 1 is 0.704 bits per heavy atom. The van der Waals surface area contributed by atoms with Gasteiger partial charge in [-0.05, 0) is 173 Å². The first-order valence-electron chi connectivity index (χ1n) is 25.5. The first-order chi connectivity index (χ1) is 34.8. The molecule has 71 heavy (non-hydrogen) atoms. The van der Waals surface area contributed by atoms with E-state index in [1.807, 2.05) is 48.5 Å². The number of carbonyl (C=O) groups is 1. The van der Waals surface area contributed by atoms with E-state index in [1.54, 1.807) is 141 Å². The van der Waals surface area contributed by atoms with Gasteiger partial charge in [-0.2, -0.15) is 5.10 Å². The van der Waals surface area contributed by atoms with E-state index in [4.69, 9.17) is 4.98 Å². The maximum absolute atomic E-state index is 13.9. The van der Waals surface area contributed by atoms with E-state index in [9.17, 15) is 9.59 Å². The fraction of sp³-hybridized carbons (Fsp3) is 0.188. The van der Waals surface area contributed by atoms with Gasteiger partial charge in [0.1, 0.15) is 11.9 Å². The van der Waals surface area contributed by atoms with Gasteiger partial charge in [0.2, 0.25) is 0 Å². The number of hydrazone groups is 1. The highest BCUT2D eigenvalue weighted by Gasteiger charge is 2.62. The molecule has 7 nitrogen and oxygen atoms in total. The van der Waals surface area contributed by atoms with Crippen LogP contribution in [0.4, 0.5) is 0 Å². The number of nitrogens with one attached hydrogen (secondary N) is 1. The first-order valence-corrected chi connectivity index (χ1v) is 25.5. The summed E-state index contributed by atoms with van der Waals surface area (Å²) in [5.41, 5.74) is 35.4. The second-order valence-electron chi connectivity index (χ2n) is 22.6. The minimum Gasteiger partial charge on any atom is -0.321 e. The molecular weight excluding hydrogens is 871 g/mol. The summed E-state index contributed by atoms with van der Waals surface area (Å²) in [7, 11) is 4.93. The van der Waals surface area contributed by atoms with Crippen molar-refractivity contribution in [2.75, 3.05) is 20.6 Å². The van der Waals surface area contributed by atoms with Crippen molar-refractivity contribution in [2.24, 2.45) is 11.0 Å². The number of amides is 1. The number of carbonyl (C=O) groups excluding carboxylic acids is 1. The number of rotatable bonds is 6. The summed E-state index contributed by atoms with van der Waals surface area (Å²) in [6, 6.07) is 46.4. The van der Waals surface area contributed by atoms with Crippen LogP contribution in [0.25, 0.3) is 72.2 Å². The molecule has 1 fully saturated rings. The third-order valence-corrected chi connectivity index (χ3v) is 18.9. The van der Waals surface area contributed by atoms with E-state index in [0.29, 0.717) is 57.6 Å². The number of hydrogen-bond donors (Lipinski definition) is 1. The molecule has 0 bridgehead atoms. The molecule has 6 atom stereocenters. The van der Waals surface area contributed by atoms with Crippen LogP contribution in [0.2, 0.25) is 0 Å². The molecule has 7 heteroatoms. The van der Waals surface area contributed by atoms with Gasteiger partial charge in [0.25, 0.3) is 11.5 Å². The molecule has 0 radical (unpaired) electrons. The number of hydrogen-bond acceptors (Lipinski definition) is 4. The Hall–Kier alpha value is -8.00. The number of quaternary nitrogens is 1. The topological polar surface area (TPSA) is 76.3 Å². The summed E-state index contributed by atoms with van der Waals surface area (Å²) in [6.07, 6.45) is 5.12. The molecule has 1 N–H and O–H groups in total. The fourth-order valence-electron chi connectivity index (χ4n) is 16.7. The molecule has 18 rings (SSSR count). The Balaban J connectivity index is 0.680. The molecular formula is C64H44N5O2+. The summed E-state index contributed by atoms with van der Waals surface area (Å²) in [4.78, 5) is 32.3. The summed E-state index contributed by atoms with van der Waals surface area (Å²) in [6.45, 7) is 1.11. The Labute approximate surface area is 409 Å². The van der Waals surface area contributed by atoms with E-state index in [2.05, 4.69) is 79.2 Å². The Morgan fingerprint density at radius 3 is 2.31 bits per heavy atom. The molecule has 0 saturated carbocycles. The van der Waals surface area contributed by atoms with Crippen LogP contribution in [-0.4, -0.2) is 46.8 Å². The molecule has 0 spiro atoms. The predicted molar refractivity (Wildman–Crippen MR) is 279 cm³/mol. The lowest BCUT2D eigenvalue weighted by atomic mass is 9.63. The predicted octanol–water partition coefficient (Wildman–Crippen LogP) is 11.7. The molecule has 1 aromatic heterocycles. The van der Waals surface area contributed by atoms with Crippen LogP contribution in [0.1, 0.15) is 112 Å². The molecule has 8 aromatic carbocycles. The number of aromatic nitrogens is 2. The average molecular weight is 915 g/mol. The maximum Gasteiger partial charge on any atom is 0.271 e. The molecule has 8 aliphatic carbocycles. The van der Waals surface area contributed by atoms with Crippen molar-refractivity contribution in [1.29, 1.82) is 0 Å². The molecule has 1 saturated heterocycles. The van der Waals surface area contributed by atoms with Crippen LogP contribution in [0.3, 0.4) is 0 Å². The standard InChI is InChI=1S/C64H43N5O2/c1-69(2)29-44-42-26-38-24-36-22-34-16-17-35-23-37-25-39-27-43(54-53(42)57-50(38)48(36)55-46(34)47(35)56-49(37)51(39)58(54)60(57)59(55)56)52(44)61(69)31-14-12-30(13-15-31)28-65-67-63(70)33-18-20-40(21-19-33)68-62(32-8-4-3-5-9-32)66-45-11-7-6-10-41(45)64(68)71/h3-21,23,26-28,36,44,52,59-61H,22,24-25,29H2,1-2H3/p+1/b65-28+. The largest absolute Gasteiger partial charge is 0.321 e. The molecule has 1 amide bonds. The zero-order chi connectivity index (χ0) is 46.5. The summed E-state index contributed by atoms with van der Waals surface area (Å²) in [5, 5.41) is 8.03. The summed E-state index contributed by atoms with van der Waals surface area (Å²) >= 11 is 0. The smallest absolute Gasteiger partial charge is 0.271 e. The van der Waals surface area contributed by atoms with Crippen molar-refractivity contribution in [3.8, 4) is 39.3 Å². The summed E-state index contributed by atoms with van der Waals surface area (Å²) in [5.74, 6) is 2.51. The van der Waals surface area contributed by atoms with E-state index in [-0.39, 0.29) is 17.5 Å². The molecule has 1 aliphatic heterocycles. The van der Waals surface area contributed by atoms with E-state index >= 15 is 0 Å². The third-order valence-electron chi connectivity index (χ3n) is 18.9. The van der Waals surface area contributed by atoms with Gasteiger partial charge in [-0.1, -0.05) is 97.1 Å². The zero-order valence-corrected chi connectivity index (χ0v) is 39.2. The number of para-hydroxylation sites is 1. The molecule has 6 unspecified atom stereocenters. The van der Waals surface area contributed by atoms with Crippen molar-refractivity contribution in [3.63, 3.8) is 0 Å². The van der Waals surface area contributed by atoms with E-state index in [0.717, 1.165) is 28.6 Å². The highest BCUT2D eigenvalue weighted by Crippen LogP contribution is 2.78. The lowest BCUT2D eigenvalue weighted by molar-refractivity contribution is -0.909. The van der Waals surface area contributed by atoms with Gasteiger partial charge >= 0.3 is 0 Å². The third kappa shape index (κ3) is 4.41. The Bertz CT molecular complexity index is 4230. The molecule has 9 aromatic rings. The van der Waals surface area contributed by atoms with E-state index < -0.39 is 0 Å². The van der Waals surface area contributed by atoms with Crippen molar-refractivity contribution < 1.29 is 9.28 Å². The van der Waals surface area contributed by atoms with Crippen LogP contribution < -0.4 is 11.0 Å². The quantitative estimate of drug-likeness (QED) is 0.103.